The largest absolute Gasteiger partial charge is 0.380 e. The Bertz CT molecular complexity index is 266. The molecule has 1 N–H and O–H groups in total. The van der Waals surface area contributed by atoms with E-state index in [4.69, 9.17) is 4.74 Å². The lowest BCUT2D eigenvalue weighted by Gasteiger charge is -2.42. The van der Waals surface area contributed by atoms with Crippen LogP contribution in [0.4, 0.5) is 0 Å². The summed E-state index contributed by atoms with van der Waals surface area (Å²) in [6.07, 6.45) is 2.45. The first-order valence-electron chi connectivity index (χ1n) is 8.95. The molecule has 0 spiro atoms. The molecule has 2 atom stereocenters. The molecule has 3 nitrogen and oxygen atoms in total. The molecule has 3 heteroatoms. The number of nitrogens with one attached hydrogen (secondary N) is 1. The normalized spacial score (nSPS) is 24.4. The molecule has 1 fully saturated rings. The minimum atomic E-state index is 0.629. The summed E-state index contributed by atoms with van der Waals surface area (Å²) in [5.41, 5.74) is 0. The average molecular weight is 299 g/mol. The third kappa shape index (κ3) is 7.62. The Balaban J connectivity index is 2.38. The Kier molecular flexibility index (Phi) is 8.84. The fraction of sp³-hybridized carbons (Fsp3) is 1.00. The van der Waals surface area contributed by atoms with E-state index in [9.17, 15) is 0 Å². The fourth-order valence-electron chi connectivity index (χ4n) is 2.98. The number of hydrogen-bond acceptors (Lipinski definition) is 3. The minimum Gasteiger partial charge on any atom is -0.380 e. The van der Waals surface area contributed by atoms with Gasteiger partial charge in [-0.3, -0.25) is 4.90 Å². The maximum atomic E-state index is 5.83. The van der Waals surface area contributed by atoms with Gasteiger partial charge >= 0.3 is 0 Å². The van der Waals surface area contributed by atoms with Gasteiger partial charge < -0.3 is 10.1 Å². The molecular formula is C18H38N2O. The summed E-state index contributed by atoms with van der Waals surface area (Å²) in [6.45, 7) is 19.0. The molecule has 1 aliphatic rings. The van der Waals surface area contributed by atoms with E-state index in [2.05, 4.69) is 51.8 Å². The van der Waals surface area contributed by atoms with Crippen LogP contribution in [0.3, 0.4) is 0 Å². The maximum absolute atomic E-state index is 5.83. The van der Waals surface area contributed by atoms with Gasteiger partial charge in [-0.05, 0) is 30.6 Å². The summed E-state index contributed by atoms with van der Waals surface area (Å²) in [6, 6.07) is 1.30. The van der Waals surface area contributed by atoms with Gasteiger partial charge in [-0.1, -0.05) is 41.5 Å². The van der Waals surface area contributed by atoms with Crippen LogP contribution in [-0.4, -0.2) is 49.8 Å². The SMILES string of the molecule is CC(C)CCOCCN1CC(C(C)C)NCC1CC(C)C. The topological polar surface area (TPSA) is 24.5 Å². The van der Waals surface area contributed by atoms with Crippen molar-refractivity contribution in [2.45, 2.75) is 66.5 Å². The summed E-state index contributed by atoms with van der Waals surface area (Å²) >= 11 is 0. The van der Waals surface area contributed by atoms with E-state index in [1.165, 1.54) is 19.4 Å². The number of nitrogens with zero attached hydrogens (tertiary/aromatic N) is 1. The summed E-state index contributed by atoms with van der Waals surface area (Å²) in [5.74, 6) is 2.20. The first-order valence-corrected chi connectivity index (χ1v) is 8.95. The van der Waals surface area contributed by atoms with Crippen molar-refractivity contribution in [3.63, 3.8) is 0 Å². The summed E-state index contributed by atoms with van der Waals surface area (Å²) in [7, 11) is 0. The predicted octanol–water partition coefficient (Wildman–Crippen LogP) is 3.39. The molecule has 0 aliphatic carbocycles. The zero-order valence-corrected chi connectivity index (χ0v) is 15.2. The van der Waals surface area contributed by atoms with Crippen molar-refractivity contribution in [1.29, 1.82) is 0 Å². The van der Waals surface area contributed by atoms with Crippen molar-refractivity contribution < 1.29 is 4.74 Å². The van der Waals surface area contributed by atoms with Crippen LogP contribution in [-0.2, 0) is 4.74 Å². The molecule has 21 heavy (non-hydrogen) atoms. The molecule has 2 unspecified atom stereocenters. The maximum Gasteiger partial charge on any atom is 0.0593 e. The van der Waals surface area contributed by atoms with Gasteiger partial charge in [0.25, 0.3) is 0 Å². The average Bonchev–Trinajstić information content (AvgIpc) is 2.38. The molecule has 0 amide bonds. The molecule has 0 aromatic rings. The monoisotopic (exact) mass is 298 g/mol. The highest BCUT2D eigenvalue weighted by Crippen LogP contribution is 2.18. The van der Waals surface area contributed by atoms with Crippen LogP contribution in [0.5, 0.6) is 0 Å². The van der Waals surface area contributed by atoms with Crippen molar-refractivity contribution in [3.05, 3.63) is 0 Å². The van der Waals surface area contributed by atoms with E-state index in [0.29, 0.717) is 18.0 Å². The molecule has 126 valence electrons. The second-order valence-electron chi connectivity index (χ2n) is 7.83. The third-order valence-electron chi connectivity index (χ3n) is 4.47. The molecule has 0 aromatic carbocycles. The Morgan fingerprint density at radius 3 is 2.33 bits per heavy atom. The molecule has 1 rings (SSSR count). The Hall–Kier alpha value is -0.120. The highest BCUT2D eigenvalue weighted by atomic mass is 16.5. The Morgan fingerprint density at radius 1 is 1.05 bits per heavy atom. The van der Waals surface area contributed by atoms with Crippen LogP contribution in [0, 0.1) is 17.8 Å². The highest BCUT2D eigenvalue weighted by Gasteiger charge is 2.29. The van der Waals surface area contributed by atoms with Gasteiger partial charge in [-0.2, -0.15) is 0 Å². The van der Waals surface area contributed by atoms with Crippen LogP contribution in [0.2, 0.25) is 0 Å². The molecule has 1 saturated heterocycles. The first kappa shape index (κ1) is 18.9. The van der Waals surface area contributed by atoms with Gasteiger partial charge in [0.05, 0.1) is 6.61 Å². The van der Waals surface area contributed by atoms with Crippen molar-refractivity contribution in [3.8, 4) is 0 Å². The van der Waals surface area contributed by atoms with Gasteiger partial charge in [0, 0.05) is 38.3 Å². The smallest absolute Gasteiger partial charge is 0.0593 e. The van der Waals surface area contributed by atoms with Crippen LogP contribution in [0.25, 0.3) is 0 Å². The molecule has 0 aromatic heterocycles. The first-order chi connectivity index (χ1) is 9.90. The van der Waals surface area contributed by atoms with Crippen LogP contribution in [0.15, 0.2) is 0 Å². The Labute approximate surface area is 132 Å². The fourth-order valence-corrected chi connectivity index (χ4v) is 2.98. The highest BCUT2D eigenvalue weighted by molar-refractivity contribution is 4.87. The van der Waals surface area contributed by atoms with E-state index in [0.717, 1.165) is 38.1 Å². The van der Waals surface area contributed by atoms with Gasteiger partial charge in [-0.15, -0.1) is 0 Å². The molecule has 0 saturated carbocycles. The van der Waals surface area contributed by atoms with Gasteiger partial charge in [0.2, 0.25) is 0 Å². The van der Waals surface area contributed by atoms with E-state index in [1.54, 1.807) is 0 Å². The molecule has 0 radical (unpaired) electrons. The number of hydrogen-bond donors (Lipinski definition) is 1. The van der Waals surface area contributed by atoms with Crippen LogP contribution >= 0.6 is 0 Å². The van der Waals surface area contributed by atoms with E-state index in [-0.39, 0.29) is 0 Å². The van der Waals surface area contributed by atoms with Crippen molar-refractivity contribution >= 4 is 0 Å². The lowest BCUT2D eigenvalue weighted by Crippen LogP contribution is -2.58. The standard InChI is InChI=1S/C18H38N2O/c1-14(2)7-9-21-10-8-20-13-18(16(5)6)19-12-17(20)11-15(3)4/h14-19H,7-13H2,1-6H3. The minimum absolute atomic E-state index is 0.629. The van der Waals surface area contributed by atoms with Crippen molar-refractivity contribution in [2.24, 2.45) is 17.8 Å². The molecule has 1 heterocycles. The lowest BCUT2D eigenvalue weighted by molar-refractivity contribution is 0.0491. The number of piperazine rings is 1. The number of rotatable bonds is 9. The van der Waals surface area contributed by atoms with E-state index >= 15 is 0 Å². The van der Waals surface area contributed by atoms with E-state index in [1.807, 2.05) is 0 Å². The summed E-state index contributed by atoms with van der Waals surface area (Å²) < 4.78 is 5.83. The second kappa shape index (κ2) is 9.81. The molecular weight excluding hydrogens is 260 g/mol. The molecule has 0 bridgehead atoms. The third-order valence-corrected chi connectivity index (χ3v) is 4.47. The van der Waals surface area contributed by atoms with Crippen molar-refractivity contribution in [2.75, 3.05) is 32.8 Å². The lowest BCUT2D eigenvalue weighted by atomic mass is 9.95. The van der Waals surface area contributed by atoms with Crippen LogP contribution in [0.1, 0.15) is 54.4 Å². The second-order valence-corrected chi connectivity index (χ2v) is 7.83. The van der Waals surface area contributed by atoms with E-state index < -0.39 is 0 Å². The Morgan fingerprint density at radius 2 is 1.76 bits per heavy atom. The summed E-state index contributed by atoms with van der Waals surface area (Å²) in [5, 5.41) is 3.74. The van der Waals surface area contributed by atoms with Crippen LogP contribution < -0.4 is 5.32 Å². The zero-order chi connectivity index (χ0) is 15.8. The quantitative estimate of drug-likeness (QED) is 0.660. The van der Waals surface area contributed by atoms with Gasteiger partial charge in [0.15, 0.2) is 0 Å². The molecule has 1 aliphatic heterocycles. The zero-order valence-electron chi connectivity index (χ0n) is 15.2. The number of ether oxygens (including phenoxy) is 1. The summed E-state index contributed by atoms with van der Waals surface area (Å²) in [4.78, 5) is 2.66. The van der Waals surface area contributed by atoms with Crippen molar-refractivity contribution in [1.82, 2.24) is 10.2 Å². The van der Waals surface area contributed by atoms with Gasteiger partial charge in [-0.25, -0.2) is 0 Å². The van der Waals surface area contributed by atoms with Gasteiger partial charge in [0.1, 0.15) is 0 Å². The predicted molar refractivity (Wildman–Crippen MR) is 91.7 cm³/mol.